The molecule has 22 heavy (non-hydrogen) atoms. The van der Waals surface area contributed by atoms with Gasteiger partial charge in [-0.25, -0.2) is 14.5 Å². The molecule has 0 spiro atoms. The summed E-state index contributed by atoms with van der Waals surface area (Å²) in [6.07, 6.45) is -1.07. The molecule has 0 amide bonds. The van der Waals surface area contributed by atoms with Gasteiger partial charge in [0.15, 0.2) is 0 Å². The van der Waals surface area contributed by atoms with Gasteiger partial charge in [0, 0.05) is 0 Å². The first-order valence-electron chi connectivity index (χ1n) is 7.01. The van der Waals surface area contributed by atoms with Crippen LogP contribution in [0.4, 0.5) is 4.79 Å². The molecule has 0 aromatic heterocycles. The Hall–Kier alpha value is -2.08. The molecule has 0 bridgehead atoms. The smallest absolute Gasteiger partial charge is 0.432 e. The van der Waals surface area contributed by atoms with Crippen LogP contribution in [0.15, 0.2) is 24.3 Å². The Bertz CT molecular complexity index is 498. The number of rotatable bonds is 5. The van der Waals surface area contributed by atoms with Gasteiger partial charge in [-0.1, -0.05) is 46.8 Å². The molecule has 1 rings (SSSR count). The van der Waals surface area contributed by atoms with Crippen LogP contribution in [-0.4, -0.2) is 18.7 Å². The fourth-order valence-corrected chi connectivity index (χ4v) is 1.43. The van der Waals surface area contributed by atoms with Gasteiger partial charge in [-0.2, -0.15) is 0 Å². The van der Waals surface area contributed by atoms with Gasteiger partial charge in [0.1, 0.15) is 0 Å². The summed E-state index contributed by atoms with van der Waals surface area (Å²) < 4.78 is 4.76. The van der Waals surface area contributed by atoms with Crippen LogP contribution in [0.2, 0.25) is 0 Å². The maximum atomic E-state index is 11.6. The lowest BCUT2D eigenvalue weighted by Gasteiger charge is -2.16. The topological polar surface area (TPSA) is 71.1 Å². The molecule has 0 aliphatic heterocycles. The molecule has 6 nitrogen and oxygen atoms in total. The maximum Gasteiger partial charge on any atom is 0.543 e. The normalized spacial score (nSPS) is 11.2. The van der Waals surface area contributed by atoms with Crippen LogP contribution in [0, 0.1) is 5.41 Å². The maximum absolute atomic E-state index is 11.6. The second-order valence-corrected chi connectivity index (χ2v) is 6.40. The molecule has 1 aromatic rings. The number of carbonyl (C=O) groups excluding carboxylic acids is 2. The molecule has 1 aromatic carbocycles. The Morgan fingerprint density at radius 1 is 1.05 bits per heavy atom. The fourth-order valence-electron chi connectivity index (χ4n) is 1.43. The van der Waals surface area contributed by atoms with Crippen LogP contribution >= 0.6 is 0 Å². The van der Waals surface area contributed by atoms with Gasteiger partial charge in [0.2, 0.25) is 0 Å². The van der Waals surface area contributed by atoms with Gasteiger partial charge in [-0.15, -0.1) is 0 Å². The monoisotopic (exact) mass is 310 g/mol. The summed E-state index contributed by atoms with van der Waals surface area (Å²) in [5, 5.41) is 4.13. The van der Waals surface area contributed by atoms with Crippen LogP contribution in [0.5, 0.6) is 0 Å². The Labute approximate surface area is 130 Å². The highest BCUT2D eigenvalue weighted by Crippen LogP contribution is 2.15. The molecule has 0 saturated heterocycles. The van der Waals surface area contributed by atoms with E-state index in [0.717, 1.165) is 5.56 Å². The summed E-state index contributed by atoms with van der Waals surface area (Å²) in [4.78, 5) is 31.4. The van der Waals surface area contributed by atoms with Crippen LogP contribution in [0.25, 0.3) is 0 Å². The minimum Gasteiger partial charge on any atom is -0.432 e. The summed E-state index contributed by atoms with van der Waals surface area (Å²) in [5.41, 5.74) is 1.18. The van der Waals surface area contributed by atoms with Gasteiger partial charge < -0.3 is 4.74 Å². The lowest BCUT2D eigenvalue weighted by molar-refractivity contribution is -0.452. The van der Waals surface area contributed by atoms with E-state index < -0.39 is 12.1 Å². The van der Waals surface area contributed by atoms with E-state index in [1.807, 2.05) is 46.8 Å². The standard InChI is InChI=1S/C16H22O6/c1-11(2)12-6-8-13(9-7-12)14(17)20-22-21-15(18)19-10-16(3,4)5/h6-9,11H,10H2,1-5H3. The fraction of sp³-hybridized carbons (Fsp3) is 0.500. The van der Waals surface area contributed by atoms with Crippen LogP contribution in [0.1, 0.15) is 56.5 Å². The molecule has 0 saturated carbocycles. The molecule has 0 aliphatic rings. The number of carbonyl (C=O) groups is 2. The number of ether oxygens (including phenoxy) is 1. The van der Waals surface area contributed by atoms with Crippen LogP contribution in [-0.2, 0) is 19.6 Å². The van der Waals surface area contributed by atoms with Gasteiger partial charge in [-0.3, -0.25) is 4.89 Å². The highest BCUT2D eigenvalue weighted by atomic mass is 17.5. The van der Waals surface area contributed by atoms with E-state index >= 15 is 0 Å². The molecule has 6 heteroatoms. The summed E-state index contributed by atoms with van der Waals surface area (Å²) in [6, 6.07) is 6.86. The minimum absolute atomic E-state index is 0.153. The number of hydrogen-bond donors (Lipinski definition) is 0. The SMILES string of the molecule is CC(C)c1ccc(C(=O)OOOC(=O)OCC(C)(C)C)cc1. The lowest BCUT2D eigenvalue weighted by Crippen LogP contribution is -2.19. The average Bonchev–Trinajstić information content (AvgIpc) is 2.44. The highest BCUT2D eigenvalue weighted by Gasteiger charge is 2.16. The molecule has 0 N–H and O–H groups in total. The van der Waals surface area contributed by atoms with E-state index in [1.54, 1.807) is 12.1 Å². The van der Waals surface area contributed by atoms with Gasteiger partial charge in [-0.05, 0) is 29.0 Å². The molecule has 0 fully saturated rings. The van der Waals surface area contributed by atoms with Crippen molar-refractivity contribution in [2.45, 2.75) is 40.5 Å². The highest BCUT2D eigenvalue weighted by molar-refractivity contribution is 5.88. The van der Waals surface area contributed by atoms with Gasteiger partial charge in [0.05, 0.1) is 17.2 Å². The average molecular weight is 310 g/mol. The molecule has 0 aliphatic carbocycles. The third kappa shape index (κ3) is 6.58. The van der Waals surface area contributed by atoms with Crippen molar-refractivity contribution >= 4 is 12.1 Å². The van der Waals surface area contributed by atoms with Crippen LogP contribution < -0.4 is 0 Å². The van der Waals surface area contributed by atoms with Crippen molar-refractivity contribution in [1.82, 2.24) is 0 Å². The lowest BCUT2D eigenvalue weighted by atomic mass is 9.99. The van der Waals surface area contributed by atoms with Crippen molar-refractivity contribution in [2.24, 2.45) is 5.41 Å². The second-order valence-electron chi connectivity index (χ2n) is 6.40. The molecule has 0 atom stereocenters. The molecule has 0 heterocycles. The zero-order valence-corrected chi connectivity index (χ0v) is 13.5. The van der Waals surface area contributed by atoms with E-state index in [9.17, 15) is 9.59 Å². The molecular formula is C16H22O6. The Kier molecular flexibility index (Phi) is 6.37. The zero-order valence-electron chi connectivity index (χ0n) is 13.5. The van der Waals surface area contributed by atoms with E-state index in [0.29, 0.717) is 5.92 Å². The van der Waals surface area contributed by atoms with Gasteiger partial charge >= 0.3 is 12.1 Å². The predicted octanol–water partition coefficient (Wildman–Crippen LogP) is 4.01. The van der Waals surface area contributed by atoms with Crippen molar-refractivity contribution in [3.05, 3.63) is 35.4 Å². The van der Waals surface area contributed by atoms with Crippen molar-refractivity contribution in [3.63, 3.8) is 0 Å². The van der Waals surface area contributed by atoms with E-state index in [-0.39, 0.29) is 17.6 Å². The Morgan fingerprint density at radius 3 is 2.14 bits per heavy atom. The van der Waals surface area contributed by atoms with Crippen molar-refractivity contribution in [1.29, 1.82) is 0 Å². The summed E-state index contributed by atoms with van der Waals surface area (Å²) >= 11 is 0. The summed E-state index contributed by atoms with van der Waals surface area (Å²) in [5.74, 6) is -0.402. The van der Waals surface area contributed by atoms with E-state index in [2.05, 4.69) is 14.8 Å². The second kappa shape index (κ2) is 7.79. The van der Waals surface area contributed by atoms with Crippen molar-refractivity contribution in [3.8, 4) is 0 Å². The first-order chi connectivity index (χ1) is 10.2. The Morgan fingerprint density at radius 2 is 1.64 bits per heavy atom. The first kappa shape index (κ1) is 18.0. The zero-order chi connectivity index (χ0) is 16.8. The number of benzene rings is 1. The van der Waals surface area contributed by atoms with Crippen LogP contribution in [0.3, 0.4) is 0 Å². The summed E-state index contributed by atoms with van der Waals surface area (Å²) in [6.45, 7) is 9.92. The minimum atomic E-state index is -1.07. The quantitative estimate of drug-likeness (QED) is 0.465. The largest absolute Gasteiger partial charge is 0.543 e. The number of hydrogen-bond acceptors (Lipinski definition) is 6. The van der Waals surface area contributed by atoms with E-state index in [4.69, 9.17) is 4.74 Å². The molecule has 122 valence electrons. The molecule has 0 unspecified atom stereocenters. The molecular weight excluding hydrogens is 288 g/mol. The summed E-state index contributed by atoms with van der Waals surface area (Å²) in [7, 11) is 0. The van der Waals surface area contributed by atoms with Crippen molar-refractivity contribution in [2.75, 3.05) is 6.61 Å². The van der Waals surface area contributed by atoms with Crippen molar-refractivity contribution < 1.29 is 29.1 Å². The molecule has 0 radical (unpaired) electrons. The third-order valence-electron chi connectivity index (χ3n) is 2.65. The Balaban J connectivity index is 2.35. The first-order valence-corrected chi connectivity index (χ1v) is 7.01. The van der Waals surface area contributed by atoms with Gasteiger partial charge in [0.25, 0.3) is 0 Å². The van der Waals surface area contributed by atoms with E-state index in [1.165, 1.54) is 0 Å². The predicted molar refractivity (Wildman–Crippen MR) is 78.9 cm³/mol. The third-order valence-corrected chi connectivity index (χ3v) is 2.65.